The summed E-state index contributed by atoms with van der Waals surface area (Å²) >= 11 is 6.38. The number of carbonyl (C=O) groups is 2. The molecule has 0 unspecified atom stereocenters. The van der Waals surface area contributed by atoms with Crippen LogP contribution in [0.25, 0.3) is 0 Å². The molecule has 1 aliphatic rings. The Labute approximate surface area is 185 Å². The molecule has 0 atom stereocenters. The van der Waals surface area contributed by atoms with E-state index < -0.39 is 11.8 Å². The van der Waals surface area contributed by atoms with E-state index in [0.717, 1.165) is 16.2 Å². The Bertz CT molecular complexity index is 870. The Kier molecular flexibility index (Phi) is 9.10. The van der Waals surface area contributed by atoms with Crippen LogP contribution in [0.5, 0.6) is 0 Å². The van der Waals surface area contributed by atoms with Crippen LogP contribution in [0.2, 0.25) is 0 Å². The summed E-state index contributed by atoms with van der Waals surface area (Å²) in [6.07, 6.45) is 6.40. The molecule has 0 heterocycles. The molecular weight excluding hydrogens is 509 g/mol. The van der Waals surface area contributed by atoms with Crippen molar-refractivity contribution in [1.82, 2.24) is 0 Å². The lowest BCUT2D eigenvalue weighted by Crippen LogP contribution is -2.22. The van der Waals surface area contributed by atoms with Crippen LogP contribution in [-0.4, -0.2) is 30.2 Å². The van der Waals surface area contributed by atoms with Crippen molar-refractivity contribution in [2.75, 3.05) is 12.4 Å². The summed E-state index contributed by atoms with van der Waals surface area (Å²) in [6.45, 7) is 0. The van der Waals surface area contributed by atoms with Crippen LogP contribution < -0.4 is 5.32 Å². The van der Waals surface area contributed by atoms with E-state index in [1.165, 1.54) is 51.3 Å². The molecule has 2 N–H and O–H groups in total. The number of methoxy groups -OCH3 is 1. The quantitative estimate of drug-likeness (QED) is 0.456. The number of carboxylic acid groups (broad SMARTS) is 1. The lowest BCUT2D eigenvalue weighted by Gasteiger charge is -2.24. The minimum absolute atomic E-state index is 0.0678. The molecule has 3 rings (SSSR count). The van der Waals surface area contributed by atoms with E-state index in [-0.39, 0.29) is 16.0 Å². The topological polar surface area (TPSA) is 75.6 Å². The first-order chi connectivity index (χ1) is 13.8. The smallest absolute Gasteiger partial charge is 0.337 e. The Hall–Kier alpha value is -1.93. The second kappa shape index (κ2) is 11.3. The molecule has 8 heteroatoms. The second-order valence-corrected chi connectivity index (χ2v) is 8.31. The van der Waals surface area contributed by atoms with Gasteiger partial charge in [-0.2, -0.15) is 0 Å². The van der Waals surface area contributed by atoms with E-state index in [0.29, 0.717) is 11.6 Å². The maximum Gasteiger partial charge on any atom is 0.337 e. The van der Waals surface area contributed by atoms with Gasteiger partial charge >= 0.3 is 11.9 Å². The van der Waals surface area contributed by atoms with Gasteiger partial charge in [0, 0.05) is 16.2 Å². The Balaban J connectivity index is 0.000000234. The molecule has 0 aromatic heterocycles. The minimum atomic E-state index is -1.06. The molecule has 1 aliphatic carbocycles. The van der Waals surface area contributed by atoms with Crippen LogP contribution in [0.15, 0.2) is 45.3 Å². The summed E-state index contributed by atoms with van der Waals surface area (Å²) in [4.78, 5) is 21.7. The molecule has 0 spiro atoms. The maximum atomic E-state index is 12.5. The van der Waals surface area contributed by atoms with Crippen LogP contribution in [0.3, 0.4) is 0 Å². The first-order valence-corrected chi connectivity index (χ1v) is 10.7. The highest BCUT2D eigenvalue weighted by Crippen LogP contribution is 2.28. The predicted molar refractivity (Wildman–Crippen MR) is 117 cm³/mol. The van der Waals surface area contributed by atoms with Gasteiger partial charge in [0.1, 0.15) is 5.82 Å². The molecule has 1 saturated carbocycles. The zero-order valence-electron chi connectivity index (χ0n) is 15.9. The normalized spacial score (nSPS) is 13.8. The standard InChI is InChI=1S/C14H18BrNO2.C7H4BrFO2/c1-18-14(17)10-7-8-13(12(15)9-10)16-11-5-3-2-4-6-11;8-5-3-4(7(10)11)1-2-6(5)9/h7-9,11,16H,2-6H2,1H3;1-3H,(H,10,11). The van der Waals surface area contributed by atoms with E-state index in [2.05, 4.69) is 37.2 Å². The van der Waals surface area contributed by atoms with Crippen molar-refractivity contribution in [1.29, 1.82) is 0 Å². The van der Waals surface area contributed by atoms with Gasteiger partial charge in [-0.15, -0.1) is 0 Å². The number of ether oxygens (including phenoxy) is 1. The molecule has 2 aromatic rings. The van der Waals surface area contributed by atoms with Crippen LogP contribution in [0.4, 0.5) is 10.1 Å². The zero-order chi connectivity index (χ0) is 21.4. The van der Waals surface area contributed by atoms with Crippen molar-refractivity contribution in [3.8, 4) is 0 Å². The number of nitrogens with one attached hydrogen (secondary N) is 1. The molecule has 0 saturated heterocycles. The van der Waals surface area contributed by atoms with E-state index in [9.17, 15) is 14.0 Å². The number of hydrogen-bond acceptors (Lipinski definition) is 4. The van der Waals surface area contributed by atoms with Crippen molar-refractivity contribution in [2.45, 2.75) is 38.1 Å². The molecular formula is C21H22Br2FNO4. The van der Waals surface area contributed by atoms with Gasteiger partial charge in [-0.25, -0.2) is 14.0 Å². The van der Waals surface area contributed by atoms with Crippen molar-refractivity contribution in [3.63, 3.8) is 0 Å². The summed E-state index contributed by atoms with van der Waals surface area (Å²) in [5, 5.41) is 12.0. The van der Waals surface area contributed by atoms with Crippen molar-refractivity contribution in [2.24, 2.45) is 0 Å². The zero-order valence-corrected chi connectivity index (χ0v) is 19.1. The largest absolute Gasteiger partial charge is 0.478 e. The lowest BCUT2D eigenvalue weighted by atomic mass is 9.95. The molecule has 2 aromatic carbocycles. The third-order valence-electron chi connectivity index (χ3n) is 4.52. The Morgan fingerprint density at radius 2 is 1.66 bits per heavy atom. The highest BCUT2D eigenvalue weighted by Gasteiger charge is 2.15. The number of anilines is 1. The molecule has 5 nitrogen and oxygen atoms in total. The molecule has 29 heavy (non-hydrogen) atoms. The van der Waals surface area contributed by atoms with Crippen molar-refractivity contribution in [3.05, 3.63) is 62.3 Å². The van der Waals surface area contributed by atoms with Gasteiger partial charge < -0.3 is 15.2 Å². The number of benzene rings is 2. The fourth-order valence-electron chi connectivity index (χ4n) is 2.97. The predicted octanol–water partition coefficient (Wildman–Crippen LogP) is 6.27. The maximum absolute atomic E-state index is 12.5. The molecule has 1 fully saturated rings. The first kappa shape index (κ1) is 23.3. The van der Waals surface area contributed by atoms with Gasteiger partial charge in [0.05, 0.1) is 22.7 Å². The van der Waals surface area contributed by atoms with E-state index >= 15 is 0 Å². The number of esters is 1. The summed E-state index contributed by atoms with van der Waals surface area (Å²) < 4.78 is 18.3. The summed E-state index contributed by atoms with van der Waals surface area (Å²) in [7, 11) is 1.39. The highest BCUT2D eigenvalue weighted by atomic mass is 79.9. The SMILES string of the molecule is COC(=O)c1ccc(NC2CCCCC2)c(Br)c1.O=C(O)c1ccc(F)c(Br)c1. The van der Waals surface area contributed by atoms with E-state index in [1.807, 2.05) is 6.07 Å². The van der Waals surface area contributed by atoms with Gasteiger partial charge in [-0.1, -0.05) is 19.3 Å². The molecule has 0 aliphatic heterocycles. The highest BCUT2D eigenvalue weighted by molar-refractivity contribution is 9.10. The number of hydrogen-bond donors (Lipinski definition) is 2. The molecule has 0 amide bonds. The number of rotatable bonds is 4. The van der Waals surface area contributed by atoms with Crippen LogP contribution in [-0.2, 0) is 4.74 Å². The number of aromatic carboxylic acids is 1. The summed E-state index contributed by atoms with van der Waals surface area (Å²) in [5.41, 5.74) is 1.69. The van der Waals surface area contributed by atoms with Crippen molar-refractivity contribution >= 4 is 49.5 Å². The number of carbonyl (C=O) groups excluding carboxylic acids is 1. The lowest BCUT2D eigenvalue weighted by molar-refractivity contribution is 0.0599. The minimum Gasteiger partial charge on any atom is -0.478 e. The third-order valence-corrected chi connectivity index (χ3v) is 5.79. The number of carboxylic acids is 1. The molecule has 156 valence electrons. The van der Waals surface area contributed by atoms with E-state index in [4.69, 9.17) is 9.84 Å². The van der Waals surface area contributed by atoms with Crippen LogP contribution in [0.1, 0.15) is 52.8 Å². The average molecular weight is 531 g/mol. The summed E-state index contributed by atoms with van der Waals surface area (Å²) in [6, 6.07) is 9.62. The van der Waals surface area contributed by atoms with Gasteiger partial charge in [0.2, 0.25) is 0 Å². The van der Waals surface area contributed by atoms with E-state index in [1.54, 1.807) is 12.1 Å². The van der Waals surface area contributed by atoms with Crippen molar-refractivity contribution < 1.29 is 23.8 Å². The first-order valence-electron chi connectivity index (χ1n) is 9.14. The number of halogens is 3. The Morgan fingerprint density at radius 1 is 1.03 bits per heavy atom. The third kappa shape index (κ3) is 7.12. The molecule has 0 radical (unpaired) electrons. The van der Waals surface area contributed by atoms with Crippen LogP contribution >= 0.6 is 31.9 Å². The second-order valence-electron chi connectivity index (χ2n) is 6.60. The van der Waals surface area contributed by atoms with Crippen LogP contribution in [0, 0.1) is 5.82 Å². The average Bonchev–Trinajstić information content (AvgIpc) is 2.72. The monoisotopic (exact) mass is 529 g/mol. The molecule has 0 bridgehead atoms. The van der Waals surface area contributed by atoms with Gasteiger partial charge in [-0.05, 0) is 81.1 Å². The Morgan fingerprint density at radius 3 is 2.21 bits per heavy atom. The van der Waals surface area contributed by atoms with Gasteiger partial charge in [0.25, 0.3) is 0 Å². The van der Waals surface area contributed by atoms with Gasteiger partial charge in [0.15, 0.2) is 0 Å². The fraction of sp³-hybridized carbons (Fsp3) is 0.333. The fourth-order valence-corrected chi connectivity index (χ4v) is 3.85. The summed E-state index contributed by atoms with van der Waals surface area (Å²) in [5.74, 6) is -1.83. The van der Waals surface area contributed by atoms with Gasteiger partial charge in [-0.3, -0.25) is 0 Å².